The highest BCUT2D eigenvalue weighted by Crippen LogP contribution is 1.95. The molecule has 0 bridgehead atoms. The molecule has 0 saturated carbocycles. The molecule has 0 rings (SSSR count). The van der Waals surface area contributed by atoms with Crippen LogP contribution in [0.15, 0.2) is 4.99 Å². The normalized spacial score (nSPS) is 14.0. The van der Waals surface area contributed by atoms with Gasteiger partial charge in [0.15, 0.2) is 5.96 Å². The summed E-state index contributed by atoms with van der Waals surface area (Å²) in [6.07, 6.45) is 1.69. The minimum atomic E-state index is -3.20. The van der Waals surface area contributed by atoms with Crippen molar-refractivity contribution in [1.29, 1.82) is 0 Å². The van der Waals surface area contributed by atoms with Crippen molar-refractivity contribution < 1.29 is 16.8 Å². The van der Waals surface area contributed by atoms with E-state index in [-0.39, 0.29) is 48.1 Å². The number of hydrogen-bond acceptors (Lipinski definition) is 5. The van der Waals surface area contributed by atoms with E-state index in [0.717, 1.165) is 0 Å². The van der Waals surface area contributed by atoms with Crippen molar-refractivity contribution in [1.82, 2.24) is 15.4 Å². The van der Waals surface area contributed by atoms with E-state index in [9.17, 15) is 16.8 Å². The molecule has 140 valence electrons. The molecule has 0 aromatic carbocycles. The lowest BCUT2D eigenvalue weighted by atomic mass is 10.3. The lowest BCUT2D eigenvalue weighted by molar-refractivity contribution is 0.580. The number of guanidine groups is 1. The van der Waals surface area contributed by atoms with Crippen LogP contribution in [0.5, 0.6) is 0 Å². The minimum Gasteiger partial charge on any atom is -0.357 e. The van der Waals surface area contributed by atoms with Gasteiger partial charge >= 0.3 is 0 Å². The van der Waals surface area contributed by atoms with Crippen molar-refractivity contribution in [3.05, 3.63) is 0 Å². The summed E-state index contributed by atoms with van der Waals surface area (Å²) in [5.41, 5.74) is 0. The molecule has 0 radical (unpaired) electrons. The molecule has 0 aliphatic rings. The van der Waals surface area contributed by atoms with Crippen LogP contribution in [-0.2, 0) is 19.9 Å². The SMILES string of the molecule is CCNC(=NCCNS(=O)(=O)CC)NC(C)CCS(C)(=O)=O.I. The molecule has 0 aromatic rings. The predicted octanol–water partition coefficient (Wildman–Crippen LogP) is -0.0780. The molecule has 3 N–H and O–H groups in total. The average Bonchev–Trinajstić information content (AvgIpc) is 2.41. The maximum Gasteiger partial charge on any atom is 0.211 e. The summed E-state index contributed by atoms with van der Waals surface area (Å²) in [4.78, 5) is 4.25. The first-order chi connectivity index (χ1) is 10.1. The Hall–Kier alpha value is -0.140. The fourth-order valence-corrected chi connectivity index (χ4v) is 2.88. The molecular weight excluding hydrogens is 455 g/mol. The average molecular weight is 484 g/mol. The van der Waals surface area contributed by atoms with Crippen LogP contribution in [0.4, 0.5) is 0 Å². The standard InChI is InChI=1S/C12H28N4O4S2.HI/c1-5-13-12(14-8-9-15-22(19,20)6-2)16-11(3)7-10-21(4,17)18;/h11,15H,5-10H2,1-4H3,(H2,13,14,16);1H. The number of nitrogens with one attached hydrogen (secondary N) is 3. The third-order valence-electron chi connectivity index (χ3n) is 2.73. The van der Waals surface area contributed by atoms with Gasteiger partial charge in [0.25, 0.3) is 0 Å². The van der Waals surface area contributed by atoms with Crippen LogP contribution >= 0.6 is 24.0 Å². The predicted molar refractivity (Wildman–Crippen MR) is 106 cm³/mol. The fraction of sp³-hybridized carbons (Fsp3) is 0.917. The second-order valence-corrected chi connectivity index (χ2v) is 9.38. The lowest BCUT2D eigenvalue weighted by Gasteiger charge is -2.17. The highest BCUT2D eigenvalue weighted by molar-refractivity contribution is 14.0. The van der Waals surface area contributed by atoms with Crippen molar-refractivity contribution in [3.8, 4) is 0 Å². The molecule has 0 aliphatic carbocycles. The zero-order valence-corrected chi connectivity index (χ0v) is 18.1. The first-order valence-electron chi connectivity index (χ1n) is 7.29. The topological polar surface area (TPSA) is 117 Å². The van der Waals surface area contributed by atoms with E-state index in [0.29, 0.717) is 25.5 Å². The van der Waals surface area contributed by atoms with Crippen LogP contribution in [0.25, 0.3) is 0 Å². The van der Waals surface area contributed by atoms with Crippen LogP contribution in [0.1, 0.15) is 27.2 Å². The van der Waals surface area contributed by atoms with Gasteiger partial charge in [-0.2, -0.15) is 0 Å². The summed E-state index contributed by atoms with van der Waals surface area (Å²) in [5.74, 6) is 0.688. The molecule has 0 aromatic heterocycles. The third-order valence-corrected chi connectivity index (χ3v) is 5.11. The van der Waals surface area contributed by atoms with Crippen molar-refractivity contribution in [3.63, 3.8) is 0 Å². The van der Waals surface area contributed by atoms with E-state index in [1.807, 2.05) is 13.8 Å². The number of halogens is 1. The highest BCUT2D eigenvalue weighted by Gasteiger charge is 2.09. The Balaban J connectivity index is 0. The van der Waals surface area contributed by atoms with Gasteiger partial charge in [0, 0.05) is 25.4 Å². The molecule has 0 amide bonds. The summed E-state index contributed by atoms with van der Waals surface area (Å²) in [6, 6.07) is -0.0557. The Kier molecular flexibility index (Phi) is 13.4. The molecule has 1 atom stereocenters. The summed E-state index contributed by atoms with van der Waals surface area (Å²) >= 11 is 0. The van der Waals surface area contributed by atoms with E-state index in [1.165, 1.54) is 6.26 Å². The van der Waals surface area contributed by atoms with E-state index in [1.54, 1.807) is 6.92 Å². The van der Waals surface area contributed by atoms with Gasteiger partial charge in [0.05, 0.1) is 18.1 Å². The van der Waals surface area contributed by atoms with Gasteiger partial charge in [0.2, 0.25) is 10.0 Å². The molecule has 8 nitrogen and oxygen atoms in total. The molecule has 0 fully saturated rings. The number of aliphatic imine (C=N–C) groups is 1. The van der Waals surface area contributed by atoms with Crippen molar-refractivity contribution >= 4 is 49.8 Å². The zero-order valence-electron chi connectivity index (χ0n) is 14.1. The molecule has 0 spiro atoms. The summed E-state index contributed by atoms with van der Waals surface area (Å²) in [6.45, 7) is 6.54. The first-order valence-corrected chi connectivity index (χ1v) is 11.0. The Morgan fingerprint density at radius 1 is 1.17 bits per heavy atom. The summed E-state index contributed by atoms with van der Waals surface area (Å²) in [5, 5.41) is 6.13. The van der Waals surface area contributed by atoms with Crippen molar-refractivity contribution in [2.75, 3.05) is 37.4 Å². The van der Waals surface area contributed by atoms with Gasteiger partial charge in [-0.25, -0.2) is 21.6 Å². The number of hydrogen-bond donors (Lipinski definition) is 3. The second kappa shape index (κ2) is 12.3. The second-order valence-electron chi connectivity index (χ2n) is 5.02. The number of sulfone groups is 1. The van der Waals surface area contributed by atoms with Crippen LogP contribution in [-0.4, -0.2) is 66.2 Å². The molecular formula is C12H29IN4O4S2. The van der Waals surface area contributed by atoms with Gasteiger partial charge in [-0.05, 0) is 27.2 Å². The number of nitrogens with zero attached hydrogens (tertiary/aromatic N) is 1. The maximum atomic E-state index is 11.3. The molecule has 0 saturated heterocycles. The Bertz CT molecular complexity index is 549. The van der Waals surface area contributed by atoms with Crippen LogP contribution in [0, 0.1) is 0 Å². The molecule has 0 heterocycles. The minimum absolute atomic E-state index is 0. The third kappa shape index (κ3) is 15.1. The van der Waals surface area contributed by atoms with E-state index >= 15 is 0 Å². The largest absolute Gasteiger partial charge is 0.357 e. The Morgan fingerprint density at radius 3 is 2.26 bits per heavy atom. The first kappa shape index (κ1) is 25.1. The smallest absolute Gasteiger partial charge is 0.211 e. The Morgan fingerprint density at radius 2 is 1.78 bits per heavy atom. The van der Waals surface area contributed by atoms with E-state index < -0.39 is 19.9 Å². The van der Waals surface area contributed by atoms with Gasteiger partial charge in [-0.3, -0.25) is 4.99 Å². The zero-order chi connectivity index (χ0) is 17.2. The molecule has 1 unspecified atom stereocenters. The van der Waals surface area contributed by atoms with Gasteiger partial charge < -0.3 is 10.6 Å². The van der Waals surface area contributed by atoms with Crippen LogP contribution in [0.2, 0.25) is 0 Å². The number of rotatable bonds is 10. The van der Waals surface area contributed by atoms with Gasteiger partial charge in [-0.1, -0.05) is 0 Å². The van der Waals surface area contributed by atoms with E-state index in [4.69, 9.17) is 0 Å². The van der Waals surface area contributed by atoms with Gasteiger partial charge in [0.1, 0.15) is 9.84 Å². The van der Waals surface area contributed by atoms with Gasteiger partial charge in [-0.15, -0.1) is 24.0 Å². The van der Waals surface area contributed by atoms with Crippen molar-refractivity contribution in [2.45, 2.75) is 33.2 Å². The lowest BCUT2D eigenvalue weighted by Crippen LogP contribution is -2.43. The summed E-state index contributed by atoms with van der Waals surface area (Å²) in [7, 11) is -6.19. The number of sulfonamides is 1. The molecule has 0 aliphatic heterocycles. The highest BCUT2D eigenvalue weighted by atomic mass is 127. The quantitative estimate of drug-likeness (QED) is 0.173. The fourth-order valence-electron chi connectivity index (χ4n) is 1.49. The monoisotopic (exact) mass is 484 g/mol. The molecule has 11 heteroatoms. The summed E-state index contributed by atoms with van der Waals surface area (Å²) < 4.78 is 47.3. The van der Waals surface area contributed by atoms with Crippen molar-refractivity contribution in [2.24, 2.45) is 4.99 Å². The van der Waals surface area contributed by atoms with E-state index in [2.05, 4.69) is 20.3 Å². The van der Waals surface area contributed by atoms with Crippen LogP contribution in [0.3, 0.4) is 0 Å². The maximum absolute atomic E-state index is 11.3. The molecule has 23 heavy (non-hydrogen) atoms. The van der Waals surface area contributed by atoms with Crippen LogP contribution < -0.4 is 15.4 Å². The Labute approximate surface area is 157 Å².